The monoisotopic (exact) mass is 286 g/mol. The SMILES string of the molecule is CCCN1CC(CCO)CC(NC(=O)OC(C)(C)C)C1. The molecule has 1 aliphatic rings. The third kappa shape index (κ3) is 6.57. The van der Waals surface area contributed by atoms with Crippen LogP contribution in [0.15, 0.2) is 0 Å². The summed E-state index contributed by atoms with van der Waals surface area (Å²) in [7, 11) is 0. The summed E-state index contributed by atoms with van der Waals surface area (Å²) < 4.78 is 5.31. The van der Waals surface area contributed by atoms with Crippen molar-refractivity contribution >= 4 is 6.09 Å². The number of aliphatic hydroxyl groups is 1. The lowest BCUT2D eigenvalue weighted by Crippen LogP contribution is -2.51. The van der Waals surface area contributed by atoms with Crippen LogP contribution in [-0.4, -0.2) is 54.0 Å². The minimum Gasteiger partial charge on any atom is -0.444 e. The van der Waals surface area contributed by atoms with Gasteiger partial charge in [-0.25, -0.2) is 4.79 Å². The molecular formula is C15H30N2O3. The molecule has 1 aliphatic heterocycles. The van der Waals surface area contributed by atoms with Crippen LogP contribution < -0.4 is 5.32 Å². The van der Waals surface area contributed by atoms with E-state index in [9.17, 15) is 4.79 Å². The second-order valence-corrected chi connectivity index (χ2v) is 6.72. The highest BCUT2D eigenvalue weighted by Gasteiger charge is 2.28. The Morgan fingerprint density at radius 3 is 2.65 bits per heavy atom. The summed E-state index contributed by atoms with van der Waals surface area (Å²) in [6.45, 7) is 10.9. The fourth-order valence-corrected chi connectivity index (χ4v) is 2.77. The van der Waals surface area contributed by atoms with Gasteiger partial charge in [-0.1, -0.05) is 6.92 Å². The average Bonchev–Trinajstić information content (AvgIpc) is 2.26. The van der Waals surface area contributed by atoms with Gasteiger partial charge in [0.25, 0.3) is 0 Å². The maximum Gasteiger partial charge on any atom is 0.407 e. The van der Waals surface area contributed by atoms with Crippen molar-refractivity contribution in [3.05, 3.63) is 0 Å². The molecule has 5 nitrogen and oxygen atoms in total. The molecule has 0 bridgehead atoms. The van der Waals surface area contributed by atoms with Gasteiger partial charge in [-0.15, -0.1) is 0 Å². The zero-order chi connectivity index (χ0) is 15.2. The number of hydrogen-bond donors (Lipinski definition) is 2. The Kier molecular flexibility index (Phi) is 6.76. The van der Waals surface area contributed by atoms with Gasteiger partial charge in [0, 0.05) is 25.7 Å². The van der Waals surface area contributed by atoms with E-state index in [1.807, 2.05) is 20.8 Å². The molecular weight excluding hydrogens is 256 g/mol. The standard InChI is InChI=1S/C15H30N2O3/c1-5-7-17-10-12(6-8-18)9-13(11-17)16-14(19)20-15(2,3)4/h12-13,18H,5-11H2,1-4H3,(H,16,19). The molecule has 0 aromatic carbocycles. The molecule has 0 radical (unpaired) electrons. The number of alkyl carbamates (subject to hydrolysis) is 1. The van der Waals surface area contributed by atoms with Gasteiger partial charge >= 0.3 is 6.09 Å². The second kappa shape index (κ2) is 7.84. The van der Waals surface area contributed by atoms with Crippen LogP contribution in [0.5, 0.6) is 0 Å². The first-order valence-electron chi connectivity index (χ1n) is 7.66. The van der Waals surface area contributed by atoms with E-state index in [2.05, 4.69) is 17.1 Å². The summed E-state index contributed by atoms with van der Waals surface area (Å²) in [5.74, 6) is 0.445. The van der Waals surface area contributed by atoms with E-state index in [0.717, 1.165) is 38.9 Å². The highest BCUT2D eigenvalue weighted by Crippen LogP contribution is 2.20. The Balaban J connectivity index is 2.51. The smallest absolute Gasteiger partial charge is 0.407 e. The number of nitrogens with one attached hydrogen (secondary N) is 1. The van der Waals surface area contributed by atoms with Gasteiger partial charge in [0.1, 0.15) is 5.60 Å². The minimum absolute atomic E-state index is 0.113. The quantitative estimate of drug-likeness (QED) is 0.811. The molecule has 5 heteroatoms. The molecule has 0 spiro atoms. The largest absolute Gasteiger partial charge is 0.444 e. The number of carbonyl (C=O) groups excluding carboxylic acids is 1. The number of nitrogens with zero attached hydrogens (tertiary/aromatic N) is 1. The van der Waals surface area contributed by atoms with E-state index in [1.54, 1.807) is 0 Å². The number of rotatable bonds is 5. The number of carbonyl (C=O) groups is 1. The van der Waals surface area contributed by atoms with Gasteiger partial charge in [0.05, 0.1) is 0 Å². The molecule has 1 heterocycles. The fraction of sp³-hybridized carbons (Fsp3) is 0.933. The number of ether oxygens (including phenoxy) is 1. The first-order valence-corrected chi connectivity index (χ1v) is 7.66. The van der Waals surface area contributed by atoms with Crippen LogP contribution in [0.2, 0.25) is 0 Å². The molecule has 2 N–H and O–H groups in total. The molecule has 1 amide bonds. The molecule has 1 rings (SSSR count). The summed E-state index contributed by atoms with van der Waals surface area (Å²) in [5.41, 5.74) is -0.466. The van der Waals surface area contributed by atoms with Gasteiger partial charge < -0.3 is 20.1 Å². The highest BCUT2D eigenvalue weighted by molar-refractivity contribution is 5.68. The van der Waals surface area contributed by atoms with E-state index in [0.29, 0.717) is 5.92 Å². The second-order valence-electron chi connectivity index (χ2n) is 6.72. The maximum absolute atomic E-state index is 11.9. The molecule has 2 atom stereocenters. The predicted molar refractivity (Wildman–Crippen MR) is 79.7 cm³/mol. The Hall–Kier alpha value is -0.810. The van der Waals surface area contributed by atoms with Gasteiger partial charge in [-0.2, -0.15) is 0 Å². The van der Waals surface area contributed by atoms with Crippen molar-refractivity contribution in [2.75, 3.05) is 26.2 Å². The van der Waals surface area contributed by atoms with Crippen LogP contribution in [0.25, 0.3) is 0 Å². The Bertz CT molecular complexity index is 288. The summed E-state index contributed by atoms with van der Waals surface area (Å²) in [6, 6.07) is 0.113. The number of hydrogen-bond acceptors (Lipinski definition) is 4. The maximum atomic E-state index is 11.9. The topological polar surface area (TPSA) is 61.8 Å². The van der Waals surface area contributed by atoms with Crippen LogP contribution in [-0.2, 0) is 4.74 Å². The Morgan fingerprint density at radius 1 is 1.40 bits per heavy atom. The summed E-state index contributed by atoms with van der Waals surface area (Å²) >= 11 is 0. The first-order chi connectivity index (χ1) is 9.34. The van der Waals surface area contributed by atoms with Gasteiger partial charge in [0.2, 0.25) is 0 Å². The van der Waals surface area contributed by atoms with E-state index in [-0.39, 0.29) is 18.7 Å². The molecule has 1 saturated heterocycles. The van der Waals surface area contributed by atoms with Crippen LogP contribution in [0.4, 0.5) is 4.79 Å². The molecule has 0 aromatic heterocycles. The summed E-state index contributed by atoms with van der Waals surface area (Å²) in [6.07, 6.45) is 2.47. The van der Waals surface area contributed by atoms with Crippen LogP contribution >= 0.6 is 0 Å². The van der Waals surface area contributed by atoms with Gasteiger partial charge in [-0.3, -0.25) is 0 Å². The Labute approximate surface area is 122 Å². The van der Waals surface area contributed by atoms with Gasteiger partial charge in [0.15, 0.2) is 0 Å². The van der Waals surface area contributed by atoms with Crippen molar-refractivity contribution in [2.24, 2.45) is 5.92 Å². The lowest BCUT2D eigenvalue weighted by molar-refractivity contribution is 0.0440. The first kappa shape index (κ1) is 17.2. The number of piperidine rings is 1. The average molecular weight is 286 g/mol. The van der Waals surface area contributed by atoms with E-state index in [1.165, 1.54) is 0 Å². The highest BCUT2D eigenvalue weighted by atomic mass is 16.6. The molecule has 2 unspecified atom stereocenters. The van der Waals surface area contributed by atoms with Crippen molar-refractivity contribution < 1.29 is 14.6 Å². The minimum atomic E-state index is -0.466. The van der Waals surface area contributed by atoms with Crippen molar-refractivity contribution in [3.63, 3.8) is 0 Å². The fourth-order valence-electron chi connectivity index (χ4n) is 2.77. The van der Waals surface area contributed by atoms with Crippen molar-refractivity contribution in [1.29, 1.82) is 0 Å². The zero-order valence-electron chi connectivity index (χ0n) is 13.3. The van der Waals surface area contributed by atoms with Crippen molar-refractivity contribution in [3.8, 4) is 0 Å². The van der Waals surface area contributed by atoms with Crippen molar-refractivity contribution in [1.82, 2.24) is 10.2 Å². The normalized spacial score (nSPS) is 24.4. The van der Waals surface area contributed by atoms with Crippen LogP contribution in [0.3, 0.4) is 0 Å². The molecule has 0 aromatic rings. The number of likely N-dealkylation sites (tertiary alicyclic amines) is 1. The molecule has 1 fully saturated rings. The van der Waals surface area contributed by atoms with E-state index >= 15 is 0 Å². The zero-order valence-corrected chi connectivity index (χ0v) is 13.3. The molecule has 118 valence electrons. The van der Waals surface area contributed by atoms with Gasteiger partial charge in [-0.05, 0) is 52.5 Å². The van der Waals surface area contributed by atoms with E-state index < -0.39 is 5.60 Å². The van der Waals surface area contributed by atoms with Crippen LogP contribution in [0, 0.1) is 5.92 Å². The molecule has 20 heavy (non-hydrogen) atoms. The molecule has 0 aliphatic carbocycles. The van der Waals surface area contributed by atoms with E-state index in [4.69, 9.17) is 9.84 Å². The lowest BCUT2D eigenvalue weighted by atomic mass is 9.91. The van der Waals surface area contributed by atoms with Crippen LogP contribution in [0.1, 0.15) is 47.0 Å². The number of aliphatic hydroxyl groups excluding tert-OH is 1. The number of amides is 1. The third-order valence-corrected chi connectivity index (χ3v) is 3.41. The van der Waals surface area contributed by atoms with Crippen molar-refractivity contribution in [2.45, 2.75) is 58.6 Å². The Morgan fingerprint density at radius 2 is 2.10 bits per heavy atom. The third-order valence-electron chi connectivity index (χ3n) is 3.41. The lowest BCUT2D eigenvalue weighted by Gasteiger charge is -2.38. The predicted octanol–water partition coefficient (Wildman–Crippen LogP) is 1.99. The molecule has 0 saturated carbocycles. The summed E-state index contributed by atoms with van der Waals surface area (Å²) in [5, 5.41) is 12.1. The summed E-state index contributed by atoms with van der Waals surface area (Å²) in [4.78, 5) is 14.2.